The maximum absolute atomic E-state index is 12.8. The highest BCUT2D eigenvalue weighted by Gasteiger charge is 2.44. The van der Waals surface area contributed by atoms with Crippen molar-refractivity contribution in [1.82, 2.24) is 0 Å². The van der Waals surface area contributed by atoms with Crippen LogP contribution in [0.4, 0.5) is 0 Å². The van der Waals surface area contributed by atoms with Gasteiger partial charge in [0, 0.05) is 13.0 Å². The number of rotatable bonds is 40. The van der Waals surface area contributed by atoms with Crippen LogP contribution >= 0.6 is 0 Å². The van der Waals surface area contributed by atoms with Gasteiger partial charge in [0.25, 0.3) is 0 Å². The topological polar surface area (TPSA) is 135 Å². The third-order valence-electron chi connectivity index (χ3n) is 10.5. The number of aliphatic hydroxyl groups excluding tert-OH is 4. The smallest absolute Gasteiger partial charge is 0.306 e. The Morgan fingerprint density at radius 1 is 0.516 bits per heavy atom. The Balaban J connectivity index is 2.25. The molecule has 1 aliphatic heterocycles. The van der Waals surface area contributed by atoms with E-state index in [0.29, 0.717) is 6.61 Å². The first kappa shape index (κ1) is 57.1. The zero-order valence-corrected chi connectivity index (χ0v) is 38.8. The number of carbonyl (C=O) groups is 1. The highest BCUT2D eigenvalue weighted by molar-refractivity contribution is 5.69. The van der Waals surface area contributed by atoms with Gasteiger partial charge in [-0.15, -0.1) is 0 Å². The molecule has 1 saturated heterocycles. The molecule has 0 radical (unpaired) electrons. The minimum absolute atomic E-state index is 0.124. The third kappa shape index (κ3) is 33.6. The first-order valence-electron chi connectivity index (χ1n) is 24.3. The van der Waals surface area contributed by atoms with Crippen molar-refractivity contribution < 1.29 is 44.2 Å². The number of ether oxygens (including phenoxy) is 4. The van der Waals surface area contributed by atoms with E-state index in [9.17, 15) is 25.2 Å². The highest BCUT2D eigenvalue weighted by Crippen LogP contribution is 2.22. The molecule has 4 N–H and O–H groups in total. The lowest BCUT2D eigenvalue weighted by atomic mass is 9.99. The Morgan fingerprint density at radius 3 is 1.40 bits per heavy atom. The fourth-order valence-electron chi connectivity index (χ4n) is 6.77. The zero-order chi connectivity index (χ0) is 45.0. The average Bonchev–Trinajstić information content (AvgIpc) is 3.27. The molecule has 0 bridgehead atoms. The second-order valence-corrected chi connectivity index (χ2v) is 16.1. The summed E-state index contributed by atoms with van der Waals surface area (Å²) in [6.07, 6.45) is 52.9. The maximum Gasteiger partial charge on any atom is 0.306 e. The van der Waals surface area contributed by atoms with E-state index >= 15 is 0 Å². The van der Waals surface area contributed by atoms with Gasteiger partial charge in [-0.1, -0.05) is 169 Å². The Labute approximate surface area is 377 Å². The van der Waals surface area contributed by atoms with Crippen LogP contribution in [-0.2, 0) is 23.7 Å². The Bertz CT molecular complexity index is 1260. The lowest BCUT2D eigenvalue weighted by molar-refractivity contribution is -0.305. The predicted molar refractivity (Wildman–Crippen MR) is 256 cm³/mol. The number of unbranched alkanes of at least 4 members (excludes halogenated alkanes) is 13. The van der Waals surface area contributed by atoms with Crippen LogP contribution in [-0.4, -0.2) is 89.6 Å². The van der Waals surface area contributed by atoms with E-state index in [4.69, 9.17) is 18.9 Å². The Hall–Kier alpha value is -2.89. The van der Waals surface area contributed by atoms with Crippen LogP contribution in [0.2, 0.25) is 0 Å². The van der Waals surface area contributed by atoms with Gasteiger partial charge in [-0.2, -0.15) is 0 Å². The van der Waals surface area contributed by atoms with Crippen molar-refractivity contribution in [2.45, 2.75) is 205 Å². The maximum atomic E-state index is 12.8. The second kappa shape index (κ2) is 43.4. The van der Waals surface area contributed by atoms with Gasteiger partial charge in [0.2, 0.25) is 0 Å². The lowest BCUT2D eigenvalue weighted by Crippen LogP contribution is -2.59. The van der Waals surface area contributed by atoms with E-state index in [1.807, 2.05) is 0 Å². The van der Waals surface area contributed by atoms with Crippen molar-refractivity contribution in [3.05, 3.63) is 97.2 Å². The fourth-order valence-corrected chi connectivity index (χ4v) is 6.77. The zero-order valence-electron chi connectivity index (χ0n) is 38.8. The molecule has 0 saturated carbocycles. The number of hydrogen-bond donors (Lipinski definition) is 4. The predicted octanol–water partition coefficient (Wildman–Crippen LogP) is 11.6. The number of allylic oxidation sites excluding steroid dienone is 16. The van der Waals surface area contributed by atoms with Gasteiger partial charge in [-0.3, -0.25) is 4.79 Å². The van der Waals surface area contributed by atoms with Crippen LogP contribution in [0.25, 0.3) is 0 Å². The molecule has 6 unspecified atom stereocenters. The van der Waals surface area contributed by atoms with Crippen molar-refractivity contribution in [3.63, 3.8) is 0 Å². The molecule has 0 amide bonds. The molecule has 9 heteroatoms. The minimum Gasteiger partial charge on any atom is -0.457 e. The molecule has 354 valence electrons. The van der Waals surface area contributed by atoms with E-state index in [1.165, 1.54) is 38.5 Å². The van der Waals surface area contributed by atoms with Crippen molar-refractivity contribution in [2.75, 3.05) is 26.4 Å². The highest BCUT2D eigenvalue weighted by atomic mass is 16.7. The summed E-state index contributed by atoms with van der Waals surface area (Å²) in [5.74, 6) is -0.343. The molecule has 0 spiro atoms. The third-order valence-corrected chi connectivity index (χ3v) is 10.5. The molecular weight excluding hydrogens is 781 g/mol. The molecule has 6 atom stereocenters. The molecular formula is C53H88O9. The van der Waals surface area contributed by atoms with Crippen molar-refractivity contribution >= 4 is 5.97 Å². The monoisotopic (exact) mass is 869 g/mol. The molecule has 62 heavy (non-hydrogen) atoms. The van der Waals surface area contributed by atoms with E-state index in [2.05, 4.69) is 111 Å². The summed E-state index contributed by atoms with van der Waals surface area (Å²) in [6.45, 7) is 4.27. The van der Waals surface area contributed by atoms with Gasteiger partial charge in [-0.05, 0) is 89.9 Å². The van der Waals surface area contributed by atoms with Gasteiger partial charge in [0.05, 0.1) is 19.8 Å². The lowest BCUT2D eigenvalue weighted by Gasteiger charge is -2.39. The van der Waals surface area contributed by atoms with Crippen molar-refractivity contribution in [3.8, 4) is 0 Å². The minimum atomic E-state index is -1.55. The van der Waals surface area contributed by atoms with Crippen LogP contribution < -0.4 is 0 Å². The molecule has 0 aromatic rings. The van der Waals surface area contributed by atoms with E-state index in [-0.39, 0.29) is 25.6 Å². The summed E-state index contributed by atoms with van der Waals surface area (Å²) in [7, 11) is 0. The largest absolute Gasteiger partial charge is 0.457 e. The SMILES string of the molecule is CC/C=C\C/C=C\C/C=C\C/C=C\CCCCCCCCCCCOCC(COC1OC(CO)C(O)C(O)C1O)OC(=O)CCCCCC/C=C\C/C=C\C/C=C\C/C=C\CC. The van der Waals surface area contributed by atoms with Gasteiger partial charge < -0.3 is 39.4 Å². The Morgan fingerprint density at radius 2 is 0.935 bits per heavy atom. The van der Waals surface area contributed by atoms with E-state index in [0.717, 1.165) is 109 Å². The first-order valence-corrected chi connectivity index (χ1v) is 24.3. The summed E-state index contributed by atoms with van der Waals surface area (Å²) >= 11 is 0. The summed E-state index contributed by atoms with van der Waals surface area (Å²) < 4.78 is 22.8. The normalized spacial score (nSPS) is 20.6. The summed E-state index contributed by atoms with van der Waals surface area (Å²) in [5.41, 5.74) is 0. The van der Waals surface area contributed by atoms with Gasteiger partial charge in [0.15, 0.2) is 6.29 Å². The van der Waals surface area contributed by atoms with Crippen LogP contribution in [0, 0.1) is 0 Å². The molecule has 1 rings (SSSR count). The van der Waals surface area contributed by atoms with Crippen LogP contribution in [0.15, 0.2) is 97.2 Å². The van der Waals surface area contributed by atoms with Crippen molar-refractivity contribution in [1.29, 1.82) is 0 Å². The molecule has 1 heterocycles. The summed E-state index contributed by atoms with van der Waals surface area (Å²) in [4.78, 5) is 12.8. The molecule has 0 aromatic carbocycles. The average molecular weight is 869 g/mol. The Kier molecular flexibility index (Phi) is 40.0. The molecule has 1 fully saturated rings. The number of esters is 1. The van der Waals surface area contributed by atoms with Crippen molar-refractivity contribution in [2.24, 2.45) is 0 Å². The molecule has 0 aromatic heterocycles. The standard InChI is InChI=1S/C53H88O9/c1-3-5-7-9-11-13-15-17-19-21-22-23-24-25-27-29-31-33-35-37-39-41-43-59-45-47(46-60-53-52(58)51(57)50(56)48(44-54)62-53)61-49(55)42-40-38-36-34-32-30-28-26-20-18-16-14-12-10-8-6-4-2/h5-8,11-14,17-20,22-23,28,30,47-48,50-54,56-58H,3-4,9-10,15-16,21,24-27,29,31-46H2,1-2H3/b7-5-,8-6-,13-11-,14-12-,19-17-,20-18-,23-22-,30-28-. The van der Waals surface area contributed by atoms with E-state index in [1.54, 1.807) is 0 Å². The fraction of sp³-hybridized carbons (Fsp3) is 0.679. The first-order chi connectivity index (χ1) is 30.4. The number of carbonyl (C=O) groups excluding carboxylic acids is 1. The summed E-state index contributed by atoms with van der Waals surface area (Å²) in [5, 5.41) is 40.2. The molecule has 1 aliphatic rings. The van der Waals surface area contributed by atoms with Crippen LogP contribution in [0.1, 0.15) is 168 Å². The quantitative estimate of drug-likeness (QED) is 0.0270. The van der Waals surface area contributed by atoms with Crippen LogP contribution in [0.3, 0.4) is 0 Å². The number of aliphatic hydroxyl groups is 4. The second-order valence-electron chi connectivity index (χ2n) is 16.1. The van der Waals surface area contributed by atoms with Gasteiger partial charge >= 0.3 is 5.97 Å². The van der Waals surface area contributed by atoms with Gasteiger partial charge in [-0.25, -0.2) is 0 Å². The van der Waals surface area contributed by atoms with Gasteiger partial charge in [0.1, 0.15) is 30.5 Å². The molecule has 0 aliphatic carbocycles. The summed E-state index contributed by atoms with van der Waals surface area (Å²) in [6, 6.07) is 0. The van der Waals surface area contributed by atoms with E-state index < -0.39 is 43.4 Å². The van der Waals surface area contributed by atoms with Crippen LogP contribution in [0.5, 0.6) is 0 Å². The molecule has 9 nitrogen and oxygen atoms in total. The number of hydrogen-bond acceptors (Lipinski definition) is 9.